The van der Waals surface area contributed by atoms with Gasteiger partial charge in [-0.15, -0.1) is 0 Å². The minimum Gasteiger partial charge on any atom is -0.352 e. The normalized spacial score (nSPS) is 30.3. The number of hydrogen-bond acceptors (Lipinski definition) is 6. The first kappa shape index (κ1) is 45.2. The molecule has 0 spiro atoms. The summed E-state index contributed by atoms with van der Waals surface area (Å²) in [6.45, 7) is 1.97. The van der Waals surface area contributed by atoms with Crippen LogP contribution in [0.1, 0.15) is 99.2 Å². The highest BCUT2D eigenvalue weighted by atomic mass is 16.2. The van der Waals surface area contributed by atoms with Crippen molar-refractivity contribution in [2.45, 2.75) is 74.4 Å². The third-order valence-electron chi connectivity index (χ3n) is 15.9. The SMILES string of the molecule is C[C@]1(C(=O)N[C@H]2C[C@@H]2c2ccccc2)CN(C(=O)c2ccc(C(=O)N3C[C@@H](C(=O)N=CC4C[C@@H]4c4ccccc4)[C@H](C(=O)N[C@H]4C[C@@H]4c4ccccc4)C3)cc2)C[C@H]1C(=O)N[C@H]1C[C@@H]1c1ccccc1. The van der Waals surface area contributed by atoms with Crippen LogP contribution in [0.2, 0.25) is 0 Å². The number of rotatable bonds is 14. The van der Waals surface area contributed by atoms with E-state index in [9.17, 15) is 28.8 Å². The van der Waals surface area contributed by atoms with E-state index in [1.807, 2.05) is 72.8 Å². The van der Waals surface area contributed by atoms with Gasteiger partial charge in [-0.2, -0.15) is 0 Å². The minimum atomic E-state index is -1.20. The Morgan fingerprint density at radius 1 is 0.500 bits per heavy atom. The molecule has 6 aliphatic rings. The zero-order valence-corrected chi connectivity index (χ0v) is 39.2. The first-order valence-corrected chi connectivity index (χ1v) is 24.9. The van der Waals surface area contributed by atoms with Gasteiger partial charge >= 0.3 is 0 Å². The average Bonchev–Trinajstić information content (AvgIpc) is 4.29. The quantitative estimate of drug-likeness (QED) is 0.103. The number of likely N-dealkylation sites (tertiary alicyclic amines) is 2. The number of aliphatic imine (C=N–C) groups is 1. The molecular formula is C58H58N6O6. The number of hydrogen-bond donors (Lipinski definition) is 3. The van der Waals surface area contributed by atoms with Gasteiger partial charge in [0.1, 0.15) is 0 Å². The minimum absolute atomic E-state index is 0.0329. The van der Waals surface area contributed by atoms with Crippen molar-refractivity contribution in [2.75, 3.05) is 26.2 Å². The zero-order chi connectivity index (χ0) is 48.1. The van der Waals surface area contributed by atoms with Gasteiger partial charge in [-0.3, -0.25) is 28.8 Å². The van der Waals surface area contributed by atoms with Gasteiger partial charge in [-0.1, -0.05) is 121 Å². The Morgan fingerprint density at radius 3 is 1.43 bits per heavy atom. The zero-order valence-electron chi connectivity index (χ0n) is 39.2. The highest BCUT2D eigenvalue weighted by molar-refractivity contribution is 6.01. The number of nitrogens with zero attached hydrogens (tertiary/aromatic N) is 3. The van der Waals surface area contributed by atoms with Gasteiger partial charge in [0.25, 0.3) is 17.7 Å². The van der Waals surface area contributed by atoms with E-state index in [2.05, 4.69) is 69.5 Å². The van der Waals surface area contributed by atoms with Crippen molar-refractivity contribution in [2.24, 2.45) is 34.1 Å². The van der Waals surface area contributed by atoms with E-state index in [0.717, 1.165) is 42.4 Å². The third-order valence-corrected chi connectivity index (χ3v) is 15.9. The highest BCUT2D eigenvalue weighted by Gasteiger charge is 2.56. The van der Waals surface area contributed by atoms with Crippen LogP contribution in [0, 0.1) is 29.1 Å². The lowest BCUT2D eigenvalue weighted by atomic mass is 9.78. The summed E-state index contributed by atoms with van der Waals surface area (Å²) in [5.74, 6) is -3.24. The largest absolute Gasteiger partial charge is 0.352 e. The molecule has 4 aliphatic carbocycles. The summed E-state index contributed by atoms with van der Waals surface area (Å²) in [5, 5.41) is 9.62. The molecule has 0 aromatic heterocycles. The van der Waals surface area contributed by atoms with E-state index < -0.39 is 29.1 Å². The molecule has 0 radical (unpaired) electrons. The van der Waals surface area contributed by atoms with Gasteiger partial charge < -0.3 is 25.8 Å². The number of amides is 6. The van der Waals surface area contributed by atoms with Crippen molar-refractivity contribution in [1.82, 2.24) is 25.8 Å². The Kier molecular flexibility index (Phi) is 12.0. The maximum Gasteiger partial charge on any atom is 0.253 e. The van der Waals surface area contributed by atoms with Gasteiger partial charge in [-0.05, 0) is 85.0 Å². The molecule has 1 unspecified atom stereocenters. The van der Waals surface area contributed by atoms with Crippen molar-refractivity contribution in [3.8, 4) is 0 Å². The molecule has 12 heteroatoms. The molecule has 6 fully saturated rings. The molecule has 4 saturated carbocycles. The molecule has 5 aromatic rings. The average molecular weight is 935 g/mol. The van der Waals surface area contributed by atoms with Gasteiger partial charge in [0.05, 0.1) is 23.2 Å². The van der Waals surface area contributed by atoms with Crippen LogP contribution in [0.4, 0.5) is 0 Å². The number of carbonyl (C=O) groups is 6. The number of nitrogens with one attached hydrogen (secondary N) is 3. The van der Waals surface area contributed by atoms with Crippen LogP contribution in [0.25, 0.3) is 0 Å². The maximum absolute atomic E-state index is 14.3. The van der Waals surface area contributed by atoms with Crippen LogP contribution in [0.5, 0.6) is 0 Å². The third kappa shape index (κ3) is 9.31. The first-order valence-electron chi connectivity index (χ1n) is 24.9. The van der Waals surface area contributed by atoms with Gasteiger partial charge in [-0.25, -0.2) is 4.99 Å². The second-order valence-electron chi connectivity index (χ2n) is 20.8. The molecule has 2 saturated heterocycles. The van der Waals surface area contributed by atoms with E-state index in [0.29, 0.717) is 17.0 Å². The molecular weight excluding hydrogens is 877 g/mol. The van der Waals surface area contributed by atoms with E-state index in [1.54, 1.807) is 47.2 Å². The Labute approximate surface area is 408 Å². The summed E-state index contributed by atoms with van der Waals surface area (Å²) in [4.78, 5) is 92.5. The summed E-state index contributed by atoms with van der Waals surface area (Å²) in [6, 6.07) is 46.5. The monoisotopic (exact) mass is 934 g/mol. The molecule has 70 heavy (non-hydrogen) atoms. The predicted octanol–water partition coefficient (Wildman–Crippen LogP) is 6.87. The van der Waals surface area contributed by atoms with Crippen molar-refractivity contribution >= 4 is 41.7 Å². The lowest BCUT2D eigenvalue weighted by Crippen LogP contribution is -2.50. The molecule has 12 atom stereocenters. The Balaban J connectivity index is 0.768. The lowest BCUT2D eigenvalue weighted by molar-refractivity contribution is -0.138. The predicted molar refractivity (Wildman–Crippen MR) is 265 cm³/mol. The summed E-state index contributed by atoms with van der Waals surface area (Å²) >= 11 is 0. The van der Waals surface area contributed by atoms with E-state index in [4.69, 9.17) is 0 Å². The standard InChI is InChI=1S/C58H58N6O6/c1-58(57(70)62-51-29-45(51)38-20-12-5-13-21-38)34-64(33-48(58)54(67)61-50-28-44(50)37-18-10-4-11-19-37)56(69)40-24-22-39(23-25-40)55(68)63-31-46(52(65)59-30-41-26-42(41)35-14-6-2-7-15-35)47(32-63)53(66)60-49-27-43(49)36-16-8-3-9-17-36/h2-25,30,41-51H,26-29,31-34H2,1H3,(H,60,66)(H,61,67)(H,62,70)/t41?,42-,43-,44-,45-,46-,47-,48+,49+,50+,51+,58+/m1/s1. The fourth-order valence-corrected chi connectivity index (χ4v) is 11.3. The van der Waals surface area contributed by atoms with Crippen LogP contribution in [-0.4, -0.2) is 95.8 Å². The fraction of sp³-hybridized carbons (Fsp3) is 0.362. The van der Waals surface area contributed by atoms with Crippen molar-refractivity contribution in [3.63, 3.8) is 0 Å². The van der Waals surface area contributed by atoms with E-state index in [-0.39, 0.29) is 97.5 Å². The molecule has 0 bridgehead atoms. The van der Waals surface area contributed by atoms with Crippen LogP contribution in [-0.2, 0) is 19.2 Å². The second kappa shape index (κ2) is 18.6. The van der Waals surface area contributed by atoms with Crippen molar-refractivity contribution < 1.29 is 28.8 Å². The smallest absolute Gasteiger partial charge is 0.253 e. The summed E-state index contributed by atoms with van der Waals surface area (Å²) in [6.07, 6.45) is 5.03. The van der Waals surface area contributed by atoms with Crippen molar-refractivity contribution in [3.05, 3.63) is 179 Å². The fourth-order valence-electron chi connectivity index (χ4n) is 11.3. The molecule has 12 nitrogen and oxygen atoms in total. The Bertz CT molecular complexity index is 2830. The van der Waals surface area contributed by atoms with E-state index in [1.165, 1.54) is 5.56 Å². The van der Waals surface area contributed by atoms with Crippen molar-refractivity contribution in [1.29, 1.82) is 0 Å². The highest BCUT2D eigenvalue weighted by Crippen LogP contribution is 2.47. The van der Waals surface area contributed by atoms with Crippen LogP contribution < -0.4 is 16.0 Å². The Hall–Kier alpha value is -7.21. The molecule has 356 valence electrons. The number of carbonyl (C=O) groups excluding carboxylic acids is 6. The second-order valence-corrected chi connectivity index (χ2v) is 20.8. The summed E-state index contributed by atoms with van der Waals surface area (Å²) in [7, 11) is 0. The molecule has 5 aromatic carbocycles. The Morgan fingerprint density at radius 2 is 0.929 bits per heavy atom. The topological polar surface area (TPSA) is 157 Å². The van der Waals surface area contributed by atoms with Gasteiger partial charge in [0.15, 0.2) is 0 Å². The molecule has 2 heterocycles. The van der Waals surface area contributed by atoms with Crippen LogP contribution in [0.15, 0.2) is 151 Å². The molecule has 6 amide bonds. The van der Waals surface area contributed by atoms with Crippen LogP contribution >= 0.6 is 0 Å². The lowest BCUT2D eigenvalue weighted by Gasteiger charge is -2.28. The maximum atomic E-state index is 14.3. The molecule has 3 N–H and O–H groups in total. The molecule has 11 rings (SSSR count). The first-order chi connectivity index (χ1) is 34.0. The van der Waals surface area contributed by atoms with E-state index >= 15 is 0 Å². The summed E-state index contributed by atoms with van der Waals surface area (Å²) < 4.78 is 0. The van der Waals surface area contributed by atoms with Crippen LogP contribution in [0.3, 0.4) is 0 Å². The van der Waals surface area contributed by atoms with Gasteiger partial charge in [0, 0.05) is 85.3 Å². The van der Waals surface area contributed by atoms with Gasteiger partial charge in [0.2, 0.25) is 17.7 Å². The molecule has 2 aliphatic heterocycles. The summed E-state index contributed by atoms with van der Waals surface area (Å²) in [5.41, 5.74) is 4.09. The number of benzene rings is 5.